The maximum absolute atomic E-state index is 9.99. The summed E-state index contributed by atoms with van der Waals surface area (Å²) < 4.78 is 2.09. The summed E-state index contributed by atoms with van der Waals surface area (Å²) in [5.41, 5.74) is 2.33. The number of fused-ring (bicyclic) bond motifs is 1. The molecule has 1 heterocycles. The summed E-state index contributed by atoms with van der Waals surface area (Å²) >= 11 is 0. The molecule has 104 valence electrons. The molecule has 0 radical (unpaired) electrons. The highest BCUT2D eigenvalue weighted by atomic mass is 35.5. The minimum atomic E-state index is 0. The summed E-state index contributed by atoms with van der Waals surface area (Å²) in [7, 11) is 2.03. The van der Waals surface area contributed by atoms with Crippen LogP contribution in [0.25, 0.3) is 10.9 Å². The lowest BCUT2D eigenvalue weighted by Gasteiger charge is -2.03. The van der Waals surface area contributed by atoms with E-state index in [0.29, 0.717) is 5.75 Å². The monoisotopic (exact) mass is 280 g/mol. The second kappa shape index (κ2) is 5.85. The number of benzene rings is 1. The van der Waals surface area contributed by atoms with Gasteiger partial charge in [-0.25, -0.2) is 0 Å². The average Bonchev–Trinajstić information content (AvgIpc) is 3.11. The first kappa shape index (κ1) is 14.2. The van der Waals surface area contributed by atoms with Gasteiger partial charge in [-0.05, 0) is 56.0 Å². The van der Waals surface area contributed by atoms with Crippen molar-refractivity contribution < 1.29 is 5.11 Å². The van der Waals surface area contributed by atoms with Crippen LogP contribution in [0.5, 0.6) is 5.75 Å². The normalized spacial score (nSPS) is 14.6. The Balaban J connectivity index is 0.00000133. The van der Waals surface area contributed by atoms with E-state index >= 15 is 0 Å². The van der Waals surface area contributed by atoms with E-state index in [1.165, 1.54) is 18.4 Å². The number of rotatable bonds is 5. The Morgan fingerprint density at radius 1 is 1.37 bits per heavy atom. The molecule has 19 heavy (non-hydrogen) atoms. The zero-order valence-corrected chi connectivity index (χ0v) is 12.0. The topological polar surface area (TPSA) is 37.2 Å². The number of aromatic hydroxyl groups is 1. The first-order chi connectivity index (χ1) is 8.75. The number of halogens is 1. The fourth-order valence-electron chi connectivity index (χ4n) is 2.56. The molecular formula is C15H21ClN2O. The lowest BCUT2D eigenvalue weighted by Crippen LogP contribution is -2.19. The minimum absolute atomic E-state index is 0. The van der Waals surface area contributed by atoms with Gasteiger partial charge in [0.05, 0.1) is 5.52 Å². The zero-order chi connectivity index (χ0) is 12.5. The van der Waals surface area contributed by atoms with E-state index in [4.69, 9.17) is 0 Å². The molecule has 4 heteroatoms. The van der Waals surface area contributed by atoms with E-state index in [9.17, 15) is 5.11 Å². The summed E-state index contributed by atoms with van der Waals surface area (Å²) in [6.45, 7) is 2.14. The zero-order valence-electron chi connectivity index (χ0n) is 11.2. The molecular weight excluding hydrogens is 260 g/mol. The van der Waals surface area contributed by atoms with Crippen LogP contribution in [0.3, 0.4) is 0 Å². The van der Waals surface area contributed by atoms with Gasteiger partial charge >= 0.3 is 0 Å². The van der Waals surface area contributed by atoms with Gasteiger partial charge in [-0.3, -0.25) is 0 Å². The van der Waals surface area contributed by atoms with Gasteiger partial charge < -0.3 is 15.0 Å². The Labute approximate surface area is 120 Å². The van der Waals surface area contributed by atoms with Gasteiger partial charge in [0.2, 0.25) is 0 Å². The standard InChI is InChI=1S/C15H20N2O.ClH/c1-17-10-12(7-8-16-9-11-5-6-11)15-13(17)3-2-4-14(15)18;/h2-4,10-11,16,18H,5-9H2,1H3;1H. The van der Waals surface area contributed by atoms with Crippen LogP contribution in [0.1, 0.15) is 18.4 Å². The molecule has 3 rings (SSSR count). The number of phenols is 1. The van der Waals surface area contributed by atoms with Crippen LogP contribution in [-0.4, -0.2) is 22.8 Å². The van der Waals surface area contributed by atoms with Gasteiger partial charge in [-0.2, -0.15) is 0 Å². The van der Waals surface area contributed by atoms with Crippen LogP contribution < -0.4 is 5.32 Å². The van der Waals surface area contributed by atoms with Crippen LogP contribution in [0.15, 0.2) is 24.4 Å². The Bertz CT molecular complexity index is 561. The third-order valence-corrected chi connectivity index (χ3v) is 3.77. The highest BCUT2D eigenvalue weighted by Gasteiger charge is 2.20. The van der Waals surface area contributed by atoms with Crippen molar-refractivity contribution in [2.24, 2.45) is 13.0 Å². The van der Waals surface area contributed by atoms with E-state index in [0.717, 1.165) is 36.3 Å². The van der Waals surface area contributed by atoms with E-state index in [2.05, 4.69) is 22.1 Å². The molecule has 0 saturated heterocycles. The number of aromatic nitrogens is 1. The number of aryl methyl sites for hydroxylation is 1. The average molecular weight is 281 g/mol. The Morgan fingerprint density at radius 3 is 2.89 bits per heavy atom. The van der Waals surface area contributed by atoms with Gasteiger partial charge in [0.25, 0.3) is 0 Å². The van der Waals surface area contributed by atoms with Crippen molar-refractivity contribution in [3.8, 4) is 5.75 Å². The van der Waals surface area contributed by atoms with Crippen molar-refractivity contribution >= 4 is 23.3 Å². The van der Waals surface area contributed by atoms with E-state index in [1.807, 2.05) is 13.1 Å². The van der Waals surface area contributed by atoms with Gasteiger partial charge in [-0.15, -0.1) is 12.4 Å². The fraction of sp³-hybridized carbons (Fsp3) is 0.467. The van der Waals surface area contributed by atoms with Crippen molar-refractivity contribution in [3.63, 3.8) is 0 Å². The largest absolute Gasteiger partial charge is 0.507 e. The van der Waals surface area contributed by atoms with Crippen LogP contribution in [0.2, 0.25) is 0 Å². The highest BCUT2D eigenvalue weighted by molar-refractivity contribution is 5.89. The number of phenolic OH excluding ortho intramolecular Hbond substituents is 1. The van der Waals surface area contributed by atoms with Crippen LogP contribution in [0.4, 0.5) is 0 Å². The molecule has 3 nitrogen and oxygen atoms in total. The number of hydrogen-bond acceptors (Lipinski definition) is 2. The number of hydrogen-bond donors (Lipinski definition) is 2. The maximum atomic E-state index is 9.99. The Morgan fingerprint density at radius 2 is 2.16 bits per heavy atom. The third-order valence-electron chi connectivity index (χ3n) is 3.77. The second-order valence-electron chi connectivity index (χ2n) is 5.33. The SMILES string of the molecule is Cl.Cn1cc(CCNCC2CC2)c2c(O)cccc21. The first-order valence-corrected chi connectivity index (χ1v) is 6.72. The Hall–Kier alpha value is -1.19. The van der Waals surface area contributed by atoms with Gasteiger partial charge in [0.15, 0.2) is 0 Å². The van der Waals surface area contributed by atoms with Crippen molar-refractivity contribution in [1.29, 1.82) is 0 Å². The first-order valence-electron chi connectivity index (χ1n) is 6.72. The molecule has 2 aromatic rings. The summed E-state index contributed by atoms with van der Waals surface area (Å²) in [6, 6.07) is 5.71. The number of nitrogens with one attached hydrogen (secondary N) is 1. The van der Waals surface area contributed by atoms with Gasteiger partial charge in [0.1, 0.15) is 5.75 Å². The van der Waals surface area contributed by atoms with E-state index < -0.39 is 0 Å². The predicted octanol–water partition coefficient (Wildman–Crippen LogP) is 2.85. The van der Waals surface area contributed by atoms with Crippen molar-refractivity contribution in [2.75, 3.05) is 13.1 Å². The molecule has 0 spiro atoms. The molecule has 1 saturated carbocycles. The molecule has 1 aromatic heterocycles. The summed E-state index contributed by atoms with van der Waals surface area (Å²) in [5.74, 6) is 1.32. The van der Waals surface area contributed by atoms with Crippen molar-refractivity contribution in [2.45, 2.75) is 19.3 Å². The van der Waals surface area contributed by atoms with Crippen molar-refractivity contribution in [3.05, 3.63) is 30.0 Å². The second-order valence-corrected chi connectivity index (χ2v) is 5.33. The summed E-state index contributed by atoms with van der Waals surface area (Å²) in [4.78, 5) is 0. The summed E-state index contributed by atoms with van der Waals surface area (Å²) in [5, 5.41) is 14.5. The molecule has 1 fully saturated rings. The smallest absolute Gasteiger partial charge is 0.125 e. The van der Waals surface area contributed by atoms with Crippen LogP contribution >= 0.6 is 12.4 Å². The molecule has 0 bridgehead atoms. The lowest BCUT2D eigenvalue weighted by atomic mass is 10.1. The highest BCUT2D eigenvalue weighted by Crippen LogP contribution is 2.30. The molecule has 1 aromatic carbocycles. The molecule has 0 atom stereocenters. The van der Waals surface area contributed by atoms with Crippen molar-refractivity contribution in [1.82, 2.24) is 9.88 Å². The fourth-order valence-corrected chi connectivity index (χ4v) is 2.56. The molecule has 0 amide bonds. The molecule has 0 unspecified atom stereocenters. The third kappa shape index (κ3) is 3.04. The van der Waals surface area contributed by atoms with E-state index in [-0.39, 0.29) is 12.4 Å². The van der Waals surface area contributed by atoms with Crippen LogP contribution in [-0.2, 0) is 13.5 Å². The van der Waals surface area contributed by atoms with Gasteiger partial charge in [0, 0.05) is 18.6 Å². The molecule has 1 aliphatic rings. The Kier molecular flexibility index (Phi) is 4.38. The predicted molar refractivity (Wildman–Crippen MR) is 81.1 cm³/mol. The van der Waals surface area contributed by atoms with Gasteiger partial charge in [-0.1, -0.05) is 6.07 Å². The lowest BCUT2D eigenvalue weighted by molar-refractivity contribution is 0.481. The molecule has 0 aliphatic heterocycles. The number of nitrogens with zero attached hydrogens (tertiary/aromatic N) is 1. The van der Waals surface area contributed by atoms with Crippen LogP contribution in [0, 0.1) is 5.92 Å². The summed E-state index contributed by atoms with van der Waals surface area (Å²) in [6.07, 6.45) is 5.88. The van der Waals surface area contributed by atoms with E-state index in [1.54, 1.807) is 6.07 Å². The molecule has 1 aliphatic carbocycles. The molecule has 2 N–H and O–H groups in total. The quantitative estimate of drug-likeness (QED) is 0.827. The minimum Gasteiger partial charge on any atom is -0.507 e. The maximum Gasteiger partial charge on any atom is 0.125 e.